The fraction of sp³-hybridized carbons (Fsp3) is 0.208. The summed E-state index contributed by atoms with van der Waals surface area (Å²) in [4.78, 5) is 0. The third-order valence-electron chi connectivity index (χ3n) is 4.89. The van der Waals surface area contributed by atoms with Crippen molar-refractivity contribution in [2.75, 3.05) is 5.32 Å². The van der Waals surface area contributed by atoms with Crippen LogP contribution >= 0.6 is 11.3 Å². The predicted octanol–water partition coefficient (Wildman–Crippen LogP) is 3.33. The summed E-state index contributed by atoms with van der Waals surface area (Å²) < 4.78 is 3.75. The third-order valence-corrected chi connectivity index (χ3v) is 6.02. The molecule has 1 aromatic heterocycles. The molecule has 144 valence electrons. The van der Waals surface area contributed by atoms with Crippen LogP contribution in [0.15, 0.2) is 84.1 Å². The van der Waals surface area contributed by atoms with Crippen LogP contribution in [0.4, 0.5) is 5.69 Å². The number of anilines is 1. The number of halogens is 1. The van der Waals surface area contributed by atoms with E-state index in [0.717, 1.165) is 25.1 Å². The summed E-state index contributed by atoms with van der Waals surface area (Å²) in [5.41, 5.74) is 5.23. The maximum absolute atomic E-state index is 3.41. The summed E-state index contributed by atoms with van der Waals surface area (Å²) in [5, 5.41) is 4.73. The van der Waals surface area contributed by atoms with E-state index in [1.165, 1.54) is 32.8 Å². The molecule has 28 heavy (non-hydrogen) atoms. The number of thiazole rings is 1. The van der Waals surface area contributed by atoms with Gasteiger partial charge in [0.15, 0.2) is 0 Å². The van der Waals surface area contributed by atoms with Crippen LogP contribution in [0.25, 0.3) is 16.3 Å². The van der Waals surface area contributed by atoms with E-state index in [-0.39, 0.29) is 24.0 Å². The van der Waals surface area contributed by atoms with E-state index in [1.807, 2.05) is 17.4 Å². The zero-order valence-corrected chi connectivity index (χ0v) is 19.0. The lowest BCUT2D eigenvalue weighted by Crippen LogP contribution is -3.00. The average molecular weight is 500 g/mol. The van der Waals surface area contributed by atoms with Gasteiger partial charge in [0.05, 0.1) is 0 Å². The SMILES string of the molecule is CC[n+]1c(/C=C/C2=CC(=C/Nc3ccccc3)/CCC2)sc2ccccc21.[I-]. The van der Waals surface area contributed by atoms with E-state index in [2.05, 4.69) is 89.8 Å². The van der Waals surface area contributed by atoms with Crippen LogP contribution in [0.1, 0.15) is 31.2 Å². The number of para-hydroxylation sites is 2. The van der Waals surface area contributed by atoms with Gasteiger partial charge in [0.2, 0.25) is 5.52 Å². The fourth-order valence-corrected chi connectivity index (χ4v) is 4.64. The first-order chi connectivity index (χ1) is 13.3. The molecule has 2 nitrogen and oxygen atoms in total. The molecule has 1 aliphatic carbocycles. The van der Waals surface area contributed by atoms with Crippen molar-refractivity contribution in [3.05, 3.63) is 89.1 Å². The Morgan fingerprint density at radius 1 is 1.00 bits per heavy atom. The number of hydrogen-bond acceptors (Lipinski definition) is 2. The predicted molar refractivity (Wildman–Crippen MR) is 117 cm³/mol. The second-order valence-corrected chi connectivity index (χ2v) is 7.85. The molecule has 2 aromatic carbocycles. The minimum atomic E-state index is 0. The van der Waals surface area contributed by atoms with Gasteiger partial charge < -0.3 is 29.3 Å². The molecule has 3 aromatic rings. The lowest BCUT2D eigenvalue weighted by Gasteiger charge is -2.13. The van der Waals surface area contributed by atoms with Crippen LogP contribution in [0, 0.1) is 0 Å². The second-order valence-electron chi connectivity index (χ2n) is 6.79. The monoisotopic (exact) mass is 500 g/mol. The van der Waals surface area contributed by atoms with E-state index in [1.54, 1.807) is 0 Å². The van der Waals surface area contributed by atoms with Crippen molar-refractivity contribution in [3.63, 3.8) is 0 Å². The summed E-state index contributed by atoms with van der Waals surface area (Å²) in [6.45, 7) is 3.21. The highest BCUT2D eigenvalue weighted by atomic mass is 127. The highest BCUT2D eigenvalue weighted by Gasteiger charge is 2.16. The van der Waals surface area contributed by atoms with E-state index >= 15 is 0 Å². The molecule has 0 saturated carbocycles. The number of rotatable bonds is 5. The molecule has 0 spiro atoms. The van der Waals surface area contributed by atoms with Gasteiger partial charge in [-0.1, -0.05) is 53.8 Å². The highest BCUT2D eigenvalue weighted by molar-refractivity contribution is 7.18. The van der Waals surface area contributed by atoms with Crippen molar-refractivity contribution >= 4 is 33.3 Å². The number of nitrogens with one attached hydrogen (secondary N) is 1. The van der Waals surface area contributed by atoms with Crippen LogP contribution in [-0.2, 0) is 6.54 Å². The van der Waals surface area contributed by atoms with Crippen LogP contribution in [0.2, 0.25) is 0 Å². The molecular weight excluding hydrogens is 475 g/mol. The van der Waals surface area contributed by atoms with Crippen LogP contribution in [0.3, 0.4) is 0 Å². The van der Waals surface area contributed by atoms with Gasteiger partial charge in [-0.05, 0) is 55.5 Å². The Labute approximate surface area is 188 Å². The molecule has 1 heterocycles. The van der Waals surface area contributed by atoms with Crippen LogP contribution in [0.5, 0.6) is 0 Å². The van der Waals surface area contributed by atoms with Gasteiger partial charge in [0.1, 0.15) is 11.2 Å². The zero-order chi connectivity index (χ0) is 18.5. The van der Waals surface area contributed by atoms with Crippen molar-refractivity contribution in [3.8, 4) is 0 Å². The summed E-state index contributed by atoms with van der Waals surface area (Å²) in [7, 11) is 0. The molecule has 1 aliphatic rings. The Hall–Kier alpha value is -1.92. The first kappa shape index (κ1) is 20.8. The summed E-state index contributed by atoms with van der Waals surface area (Å²) >= 11 is 1.87. The number of hydrogen-bond donors (Lipinski definition) is 1. The van der Waals surface area contributed by atoms with Crippen molar-refractivity contribution in [1.29, 1.82) is 0 Å². The van der Waals surface area contributed by atoms with Gasteiger partial charge in [-0.3, -0.25) is 0 Å². The minimum Gasteiger partial charge on any atom is -1.00 e. The number of allylic oxidation sites excluding steroid dienone is 4. The molecule has 0 amide bonds. The largest absolute Gasteiger partial charge is 1.00 e. The number of aryl methyl sites for hydroxylation is 1. The number of aromatic nitrogens is 1. The molecule has 0 bridgehead atoms. The van der Waals surface area contributed by atoms with Gasteiger partial charge in [-0.15, -0.1) is 0 Å². The quantitative estimate of drug-likeness (QED) is 0.420. The summed E-state index contributed by atoms with van der Waals surface area (Å²) in [6.07, 6.45) is 12.6. The molecule has 0 fully saturated rings. The molecule has 1 N–H and O–H groups in total. The van der Waals surface area contributed by atoms with Gasteiger partial charge in [-0.2, -0.15) is 4.57 Å². The van der Waals surface area contributed by atoms with Crippen molar-refractivity contribution in [2.24, 2.45) is 0 Å². The number of nitrogens with zero attached hydrogens (tertiary/aromatic N) is 1. The topological polar surface area (TPSA) is 15.9 Å². The smallest absolute Gasteiger partial charge is 0.262 e. The zero-order valence-electron chi connectivity index (χ0n) is 16.1. The third kappa shape index (κ3) is 4.92. The Balaban J connectivity index is 0.00000225. The first-order valence-corrected chi connectivity index (χ1v) is 10.5. The lowest BCUT2D eigenvalue weighted by molar-refractivity contribution is -0.665. The van der Waals surface area contributed by atoms with Crippen molar-refractivity contribution < 1.29 is 28.5 Å². The summed E-state index contributed by atoms with van der Waals surface area (Å²) in [5.74, 6) is 0. The van der Waals surface area contributed by atoms with Crippen molar-refractivity contribution in [2.45, 2.75) is 32.7 Å². The molecular formula is C24H25IN2S. The minimum absolute atomic E-state index is 0. The van der Waals surface area contributed by atoms with Gasteiger partial charge in [0, 0.05) is 24.0 Å². The Morgan fingerprint density at radius 2 is 1.79 bits per heavy atom. The molecule has 0 aliphatic heterocycles. The first-order valence-electron chi connectivity index (χ1n) is 9.64. The molecule has 0 atom stereocenters. The average Bonchev–Trinajstić information content (AvgIpc) is 3.09. The van der Waals surface area contributed by atoms with Gasteiger partial charge >= 0.3 is 0 Å². The molecule has 0 unspecified atom stereocenters. The van der Waals surface area contributed by atoms with Crippen molar-refractivity contribution in [1.82, 2.24) is 0 Å². The molecule has 4 rings (SSSR count). The Kier molecular flexibility index (Phi) is 7.45. The van der Waals surface area contributed by atoms with E-state index in [4.69, 9.17) is 0 Å². The molecule has 4 heteroatoms. The Bertz CT molecular complexity index is 1020. The lowest BCUT2D eigenvalue weighted by atomic mass is 9.95. The Morgan fingerprint density at radius 3 is 2.61 bits per heavy atom. The van der Waals surface area contributed by atoms with Crippen LogP contribution < -0.4 is 33.9 Å². The van der Waals surface area contributed by atoms with E-state index < -0.39 is 0 Å². The molecule has 0 radical (unpaired) electrons. The second kappa shape index (κ2) is 10.0. The van der Waals surface area contributed by atoms with E-state index in [9.17, 15) is 0 Å². The van der Waals surface area contributed by atoms with Gasteiger partial charge in [-0.25, -0.2) is 0 Å². The fourth-order valence-electron chi connectivity index (χ4n) is 3.52. The number of fused-ring (bicyclic) bond motifs is 1. The number of benzene rings is 2. The highest BCUT2D eigenvalue weighted by Crippen LogP contribution is 2.26. The maximum atomic E-state index is 3.41. The standard InChI is InChI=1S/C24H24N2S.HI/c1-2-26-22-13-6-7-14-23(22)27-24(26)16-15-19-9-8-10-20(17-19)18-25-21-11-4-3-5-12-21;/h3-7,11-18H,2,8-10H2,1H3;1H. The van der Waals surface area contributed by atoms with E-state index in [0.29, 0.717) is 0 Å². The maximum Gasteiger partial charge on any atom is 0.262 e. The summed E-state index contributed by atoms with van der Waals surface area (Å²) in [6, 6.07) is 19.0. The molecule has 0 saturated heterocycles. The van der Waals surface area contributed by atoms with Crippen LogP contribution in [-0.4, -0.2) is 0 Å². The normalized spacial score (nSPS) is 15.6. The van der Waals surface area contributed by atoms with Gasteiger partial charge in [0.25, 0.3) is 5.01 Å².